The molecular weight excluding hydrogens is 506 g/mol. The molecule has 10 heteroatoms. The minimum atomic E-state index is -1.91. The van der Waals surface area contributed by atoms with Crippen molar-refractivity contribution < 1.29 is 43.9 Å². The summed E-state index contributed by atoms with van der Waals surface area (Å²) in [4.78, 5) is 39.5. The van der Waals surface area contributed by atoms with Gasteiger partial charge in [-0.1, -0.05) is 38.1 Å². The van der Waals surface area contributed by atoms with E-state index in [-0.39, 0.29) is 6.42 Å². The van der Waals surface area contributed by atoms with Crippen LogP contribution in [0.4, 0.5) is 4.79 Å². The molecule has 0 aromatic heterocycles. The quantitative estimate of drug-likeness (QED) is 0.332. The van der Waals surface area contributed by atoms with Crippen LogP contribution in [0.5, 0.6) is 5.75 Å². The number of carbonyl (C=O) groups excluding carboxylic acids is 3. The van der Waals surface area contributed by atoms with E-state index in [9.17, 15) is 29.7 Å². The van der Waals surface area contributed by atoms with Crippen molar-refractivity contribution in [3.63, 3.8) is 0 Å². The van der Waals surface area contributed by atoms with Gasteiger partial charge in [0.1, 0.15) is 11.4 Å². The second-order valence-corrected chi connectivity index (χ2v) is 11.3. The molecule has 1 spiro atoms. The molecule has 2 heterocycles. The summed E-state index contributed by atoms with van der Waals surface area (Å²) < 4.78 is 16.1. The lowest BCUT2D eigenvalue weighted by Crippen LogP contribution is -2.69. The van der Waals surface area contributed by atoms with Crippen molar-refractivity contribution in [1.29, 1.82) is 0 Å². The minimum Gasteiger partial charge on any atom is -0.497 e. The molecule has 4 rings (SSSR count). The van der Waals surface area contributed by atoms with E-state index < -0.39 is 70.5 Å². The van der Waals surface area contributed by atoms with Crippen LogP contribution >= 0.6 is 0 Å². The first-order valence-electron chi connectivity index (χ1n) is 13.1. The van der Waals surface area contributed by atoms with Gasteiger partial charge in [0, 0.05) is 17.9 Å². The number of ether oxygens (including phenoxy) is 3. The average molecular weight is 544 g/mol. The highest BCUT2D eigenvalue weighted by atomic mass is 16.7. The summed E-state index contributed by atoms with van der Waals surface area (Å²) in [6, 6.07) is 6.77. The summed E-state index contributed by atoms with van der Waals surface area (Å²) in [5.74, 6) is -3.69. The largest absolute Gasteiger partial charge is 0.514 e. The topological polar surface area (TPSA) is 152 Å². The van der Waals surface area contributed by atoms with Gasteiger partial charge in [-0.25, -0.2) is 4.79 Å². The second-order valence-electron chi connectivity index (χ2n) is 11.3. The Hall–Kier alpha value is -3.21. The summed E-state index contributed by atoms with van der Waals surface area (Å²) >= 11 is 0. The van der Waals surface area contributed by atoms with Gasteiger partial charge < -0.3 is 34.8 Å². The molecule has 10 nitrogen and oxygen atoms in total. The molecule has 1 aliphatic carbocycles. The number of aliphatic hydroxyl groups excluding tert-OH is 1. The van der Waals surface area contributed by atoms with Crippen molar-refractivity contribution in [2.45, 2.75) is 69.5 Å². The zero-order valence-electron chi connectivity index (χ0n) is 22.8. The summed E-state index contributed by atoms with van der Waals surface area (Å²) in [5, 5.41) is 36.4. The third-order valence-corrected chi connectivity index (χ3v) is 8.70. The number of rotatable bonds is 3. The number of carbonyl (C=O) groups is 3. The third kappa shape index (κ3) is 4.97. The van der Waals surface area contributed by atoms with Crippen LogP contribution in [0.2, 0.25) is 0 Å². The molecule has 1 saturated heterocycles. The third-order valence-electron chi connectivity index (χ3n) is 8.70. The Kier molecular flexibility index (Phi) is 7.68. The standard InChI is InChI=1S/C29H37NO9/c1-16-7-6-8-20-24(32)28(4,36)17(2)22-21(15-18-9-11-19(37-5)12-10-18)30-25(33)29(20,22)39-26(34)38-14-13-27(3,35)23(16)31/h6,8-14,16-17,20-22,24,32,35-36H,7,15H2,1-5H3,(H,30,33)/b8-6+,14-13+/t16-,17-,20-,21-,22-,24-,27+,28+,29+/m0/s1. The lowest BCUT2D eigenvalue weighted by molar-refractivity contribution is -0.222. The molecule has 39 heavy (non-hydrogen) atoms. The smallest absolute Gasteiger partial charge is 0.497 e. The first-order chi connectivity index (χ1) is 18.3. The highest BCUT2D eigenvalue weighted by molar-refractivity contribution is 5.92. The molecule has 1 saturated carbocycles. The molecule has 4 N–H and O–H groups in total. The summed E-state index contributed by atoms with van der Waals surface area (Å²) in [7, 11) is 1.57. The normalized spacial score (nSPS) is 42.3. The van der Waals surface area contributed by atoms with E-state index in [2.05, 4.69) is 5.32 Å². The maximum absolute atomic E-state index is 13.8. The van der Waals surface area contributed by atoms with Gasteiger partial charge in [-0.2, -0.15) is 0 Å². The van der Waals surface area contributed by atoms with Crippen LogP contribution in [-0.4, -0.2) is 69.2 Å². The van der Waals surface area contributed by atoms with E-state index in [4.69, 9.17) is 14.2 Å². The lowest BCUT2D eigenvalue weighted by atomic mass is 9.55. The second kappa shape index (κ2) is 10.4. The van der Waals surface area contributed by atoms with Crippen molar-refractivity contribution in [3.05, 3.63) is 54.3 Å². The van der Waals surface area contributed by atoms with Crippen LogP contribution in [0.25, 0.3) is 0 Å². The molecule has 2 aliphatic heterocycles. The number of hydrogen-bond acceptors (Lipinski definition) is 9. The van der Waals surface area contributed by atoms with Crippen molar-refractivity contribution in [2.75, 3.05) is 7.11 Å². The van der Waals surface area contributed by atoms with E-state index in [1.54, 1.807) is 39.2 Å². The number of cyclic esters (lactones) is 1. The number of amides is 1. The lowest BCUT2D eigenvalue weighted by Gasteiger charge is -2.54. The molecule has 9 atom stereocenters. The van der Waals surface area contributed by atoms with Gasteiger partial charge in [0.15, 0.2) is 5.78 Å². The van der Waals surface area contributed by atoms with Gasteiger partial charge in [-0.05, 0) is 56.4 Å². The number of Topliss-reactive ketones (excluding diaryl/α,β-unsaturated/α-hetero) is 1. The SMILES string of the molecule is COc1ccc(C[C@@H]2NC(=O)[C@@]34OC(=O)O/C=C/[C@@](C)(O)C(=O)[C@@H](C)C/C=C/[C@H]3[C@H](O)[C@](C)(O)[C@@H](C)[C@@H]24)cc1. The highest BCUT2D eigenvalue weighted by Gasteiger charge is 2.72. The Morgan fingerprint density at radius 2 is 1.77 bits per heavy atom. The number of aliphatic hydroxyl groups is 3. The number of hydrogen-bond donors (Lipinski definition) is 4. The van der Waals surface area contributed by atoms with Crippen LogP contribution < -0.4 is 10.1 Å². The summed E-state index contributed by atoms with van der Waals surface area (Å²) in [6.07, 6.45) is 2.84. The first kappa shape index (κ1) is 28.8. The van der Waals surface area contributed by atoms with Crippen molar-refractivity contribution in [3.8, 4) is 5.75 Å². The molecule has 3 aliphatic rings. The van der Waals surface area contributed by atoms with Gasteiger partial charge >= 0.3 is 6.16 Å². The van der Waals surface area contributed by atoms with Gasteiger partial charge in [0.05, 0.1) is 31.0 Å². The molecular formula is C29H37NO9. The Labute approximate surface area is 227 Å². The van der Waals surface area contributed by atoms with Crippen molar-refractivity contribution >= 4 is 17.8 Å². The number of benzene rings is 1. The Morgan fingerprint density at radius 1 is 1.10 bits per heavy atom. The molecule has 1 amide bonds. The fourth-order valence-corrected chi connectivity index (χ4v) is 6.27. The van der Waals surface area contributed by atoms with E-state index in [1.165, 1.54) is 19.9 Å². The number of nitrogens with one attached hydrogen (secondary N) is 1. The monoisotopic (exact) mass is 543 g/mol. The van der Waals surface area contributed by atoms with Gasteiger partial charge in [0.2, 0.25) is 5.60 Å². The Balaban J connectivity index is 1.81. The van der Waals surface area contributed by atoms with Crippen LogP contribution in [0, 0.1) is 23.7 Å². The van der Waals surface area contributed by atoms with Crippen molar-refractivity contribution in [2.24, 2.45) is 23.7 Å². The molecule has 1 aromatic rings. The van der Waals surface area contributed by atoms with Gasteiger partial charge in [-0.3, -0.25) is 9.59 Å². The minimum absolute atomic E-state index is 0.177. The fraction of sp³-hybridized carbons (Fsp3) is 0.552. The maximum Gasteiger partial charge on any atom is 0.514 e. The Bertz CT molecular complexity index is 1170. The van der Waals surface area contributed by atoms with Crippen molar-refractivity contribution in [1.82, 2.24) is 5.32 Å². The van der Waals surface area contributed by atoms with E-state index in [0.29, 0.717) is 12.2 Å². The zero-order valence-corrected chi connectivity index (χ0v) is 22.8. The number of ketones is 1. The first-order valence-corrected chi connectivity index (χ1v) is 13.1. The van der Waals surface area contributed by atoms with E-state index in [1.807, 2.05) is 12.1 Å². The summed E-state index contributed by atoms with van der Waals surface area (Å²) in [5.41, 5.74) is -4.59. The molecule has 2 fully saturated rings. The number of methoxy groups -OCH3 is 1. The molecule has 1 aromatic carbocycles. The van der Waals surface area contributed by atoms with Crippen LogP contribution in [0.3, 0.4) is 0 Å². The van der Waals surface area contributed by atoms with Crippen LogP contribution in [0.15, 0.2) is 48.8 Å². The van der Waals surface area contributed by atoms with Crippen LogP contribution in [-0.2, 0) is 25.5 Å². The molecule has 0 radical (unpaired) electrons. The van der Waals surface area contributed by atoms with Gasteiger partial charge in [0.25, 0.3) is 5.91 Å². The van der Waals surface area contributed by atoms with E-state index in [0.717, 1.165) is 17.9 Å². The number of allylic oxidation sites excluding steroid dienone is 1. The maximum atomic E-state index is 13.8. The Morgan fingerprint density at radius 3 is 2.41 bits per heavy atom. The van der Waals surface area contributed by atoms with E-state index >= 15 is 0 Å². The predicted molar refractivity (Wildman–Crippen MR) is 139 cm³/mol. The highest BCUT2D eigenvalue weighted by Crippen LogP contribution is 2.54. The fourth-order valence-electron chi connectivity index (χ4n) is 6.27. The molecule has 0 bridgehead atoms. The van der Waals surface area contributed by atoms with Crippen LogP contribution in [0.1, 0.15) is 39.7 Å². The summed E-state index contributed by atoms with van der Waals surface area (Å²) in [6.45, 7) is 6.13. The van der Waals surface area contributed by atoms with Gasteiger partial charge in [-0.15, -0.1) is 0 Å². The molecule has 212 valence electrons. The predicted octanol–water partition coefficient (Wildman–Crippen LogP) is 2.05. The average Bonchev–Trinajstić information content (AvgIpc) is 3.15. The molecule has 0 unspecified atom stereocenters. The zero-order chi connectivity index (χ0) is 28.8.